The summed E-state index contributed by atoms with van der Waals surface area (Å²) in [7, 11) is 3.70. The Morgan fingerprint density at radius 3 is 2.89 bits per heavy atom. The first-order valence-corrected chi connectivity index (χ1v) is 8.97. The van der Waals surface area contributed by atoms with Crippen LogP contribution in [0.4, 0.5) is 8.78 Å². The Kier molecular flexibility index (Phi) is 8.53. The summed E-state index contributed by atoms with van der Waals surface area (Å²) in [5, 5.41) is 6.31. The summed E-state index contributed by atoms with van der Waals surface area (Å²) in [5.41, 5.74) is 0.554. The van der Waals surface area contributed by atoms with Crippen molar-refractivity contribution in [1.82, 2.24) is 15.5 Å². The third kappa shape index (κ3) is 6.84. The number of aliphatic imine (C=N–C) groups is 1. The third-order valence-electron chi connectivity index (χ3n) is 4.08. The minimum absolute atomic E-state index is 0.0366. The average Bonchev–Trinajstić information content (AvgIpc) is 2.64. The van der Waals surface area contributed by atoms with Crippen LogP contribution < -0.4 is 20.1 Å². The normalized spacial score (nSPS) is 18.4. The number of nitrogens with one attached hydrogen (secondary N) is 2. The lowest BCUT2D eigenvalue weighted by Gasteiger charge is -2.30. The van der Waals surface area contributed by atoms with Crippen LogP contribution in [0.1, 0.15) is 12.5 Å². The minimum Gasteiger partial charge on any atom is -0.490 e. The van der Waals surface area contributed by atoms with Crippen LogP contribution in [0.15, 0.2) is 23.2 Å². The van der Waals surface area contributed by atoms with Gasteiger partial charge in [-0.2, -0.15) is 8.78 Å². The summed E-state index contributed by atoms with van der Waals surface area (Å²) >= 11 is 0. The van der Waals surface area contributed by atoms with Crippen molar-refractivity contribution in [3.8, 4) is 11.5 Å². The molecule has 1 saturated heterocycles. The Bertz CT molecular complexity index is 616. The Morgan fingerprint density at radius 1 is 1.41 bits per heavy atom. The molecule has 1 heterocycles. The number of halogens is 2. The number of nitrogens with zero attached hydrogens (tertiary/aromatic N) is 2. The van der Waals surface area contributed by atoms with Gasteiger partial charge in [0.1, 0.15) is 0 Å². The molecule has 1 aromatic carbocycles. The van der Waals surface area contributed by atoms with Crippen molar-refractivity contribution in [2.45, 2.75) is 26.2 Å². The van der Waals surface area contributed by atoms with Gasteiger partial charge in [-0.15, -0.1) is 0 Å². The molecular weight excluding hydrogens is 358 g/mol. The molecule has 0 radical (unpaired) electrons. The number of alkyl halides is 2. The second kappa shape index (κ2) is 10.9. The van der Waals surface area contributed by atoms with Crippen molar-refractivity contribution in [1.29, 1.82) is 0 Å². The molecule has 0 amide bonds. The maximum absolute atomic E-state index is 12.8. The summed E-state index contributed by atoms with van der Waals surface area (Å²) in [6.07, 6.45) is 0.0707. The topological polar surface area (TPSA) is 67.4 Å². The molecule has 0 aromatic heterocycles. The number of ether oxygens (including phenoxy) is 3. The zero-order valence-corrected chi connectivity index (χ0v) is 16.0. The van der Waals surface area contributed by atoms with E-state index in [1.165, 1.54) is 0 Å². The minimum atomic E-state index is -2.93. The number of hydrogen-bond donors (Lipinski definition) is 2. The van der Waals surface area contributed by atoms with E-state index in [4.69, 9.17) is 9.47 Å². The molecule has 0 bridgehead atoms. The number of rotatable bonds is 8. The van der Waals surface area contributed by atoms with Crippen LogP contribution in [0.5, 0.6) is 11.5 Å². The fraction of sp³-hybridized carbons (Fsp3) is 0.611. The lowest BCUT2D eigenvalue weighted by Crippen LogP contribution is -2.48. The first-order valence-electron chi connectivity index (χ1n) is 8.97. The SMILES string of the molecule is CCOc1cccc(CNC(=NC)NCC2CN(C)CCO2)c1OC(F)F. The molecule has 2 N–H and O–H groups in total. The molecule has 1 aliphatic rings. The van der Waals surface area contributed by atoms with Gasteiger partial charge in [0.05, 0.1) is 19.3 Å². The molecule has 0 saturated carbocycles. The molecule has 1 aromatic rings. The standard InChI is InChI=1S/C18H28F2N4O3/c1-4-25-15-7-5-6-13(16(15)27-17(19)20)10-22-18(21-2)23-11-14-12-24(3)8-9-26-14/h5-7,14,17H,4,8-12H2,1-3H3,(H2,21,22,23). The highest BCUT2D eigenvalue weighted by atomic mass is 19.3. The molecule has 2 rings (SSSR count). The van der Waals surface area contributed by atoms with Crippen LogP contribution in [0, 0.1) is 0 Å². The van der Waals surface area contributed by atoms with Crippen LogP contribution in [0.2, 0.25) is 0 Å². The second-order valence-electron chi connectivity index (χ2n) is 6.12. The molecule has 1 atom stereocenters. The van der Waals surface area contributed by atoms with Gasteiger partial charge in [0.25, 0.3) is 0 Å². The summed E-state index contributed by atoms with van der Waals surface area (Å²) < 4.78 is 41.4. The fourth-order valence-electron chi connectivity index (χ4n) is 2.79. The van der Waals surface area contributed by atoms with E-state index >= 15 is 0 Å². The molecule has 1 aliphatic heterocycles. The quantitative estimate of drug-likeness (QED) is 0.524. The van der Waals surface area contributed by atoms with E-state index in [-0.39, 0.29) is 18.4 Å². The number of likely N-dealkylation sites (N-methyl/N-ethyl adjacent to an activating group) is 1. The molecular formula is C18H28F2N4O3. The Morgan fingerprint density at radius 2 is 2.22 bits per heavy atom. The largest absolute Gasteiger partial charge is 0.490 e. The predicted octanol–water partition coefficient (Wildman–Crippen LogP) is 1.68. The Hall–Kier alpha value is -2.13. The van der Waals surface area contributed by atoms with Crippen molar-refractivity contribution >= 4 is 5.96 Å². The summed E-state index contributed by atoms with van der Waals surface area (Å²) in [6, 6.07) is 5.05. The molecule has 27 heavy (non-hydrogen) atoms. The van der Waals surface area contributed by atoms with Crippen LogP contribution in [0.25, 0.3) is 0 Å². The van der Waals surface area contributed by atoms with E-state index in [1.807, 2.05) is 0 Å². The van der Waals surface area contributed by atoms with Crippen LogP contribution in [0.3, 0.4) is 0 Å². The summed E-state index contributed by atoms with van der Waals surface area (Å²) in [4.78, 5) is 6.37. The van der Waals surface area contributed by atoms with Crippen molar-refractivity contribution in [2.75, 3.05) is 46.9 Å². The monoisotopic (exact) mass is 386 g/mol. The number of para-hydroxylation sites is 1. The lowest BCUT2D eigenvalue weighted by atomic mass is 10.2. The molecule has 1 fully saturated rings. The van der Waals surface area contributed by atoms with E-state index in [0.29, 0.717) is 37.0 Å². The fourth-order valence-corrected chi connectivity index (χ4v) is 2.79. The third-order valence-corrected chi connectivity index (χ3v) is 4.08. The van der Waals surface area contributed by atoms with Gasteiger partial charge in [-0.3, -0.25) is 4.99 Å². The highest BCUT2D eigenvalue weighted by Gasteiger charge is 2.18. The zero-order chi connectivity index (χ0) is 19.6. The van der Waals surface area contributed by atoms with Crippen molar-refractivity contribution in [3.05, 3.63) is 23.8 Å². The van der Waals surface area contributed by atoms with Gasteiger partial charge in [-0.05, 0) is 20.0 Å². The second-order valence-corrected chi connectivity index (χ2v) is 6.12. The van der Waals surface area contributed by atoms with Gasteiger partial charge in [0.2, 0.25) is 0 Å². The molecule has 0 aliphatic carbocycles. The van der Waals surface area contributed by atoms with E-state index in [2.05, 4.69) is 32.3 Å². The van der Waals surface area contributed by atoms with E-state index < -0.39 is 6.61 Å². The Balaban J connectivity index is 1.95. The molecule has 152 valence electrons. The van der Waals surface area contributed by atoms with Crippen molar-refractivity contribution in [2.24, 2.45) is 4.99 Å². The Labute approximate surface area is 158 Å². The van der Waals surface area contributed by atoms with E-state index in [9.17, 15) is 8.78 Å². The highest BCUT2D eigenvalue weighted by molar-refractivity contribution is 5.79. The first-order chi connectivity index (χ1) is 13.0. The summed E-state index contributed by atoms with van der Waals surface area (Å²) in [5.74, 6) is 0.880. The first kappa shape index (κ1) is 21.2. The van der Waals surface area contributed by atoms with Crippen molar-refractivity contribution in [3.63, 3.8) is 0 Å². The highest BCUT2D eigenvalue weighted by Crippen LogP contribution is 2.32. The maximum Gasteiger partial charge on any atom is 0.387 e. The van der Waals surface area contributed by atoms with E-state index in [1.54, 1.807) is 32.2 Å². The number of benzene rings is 1. The molecule has 0 spiro atoms. The lowest BCUT2D eigenvalue weighted by molar-refractivity contribution is -0.0520. The van der Waals surface area contributed by atoms with Crippen molar-refractivity contribution < 1.29 is 23.0 Å². The van der Waals surface area contributed by atoms with Gasteiger partial charge >= 0.3 is 6.61 Å². The maximum atomic E-state index is 12.8. The van der Waals surface area contributed by atoms with Crippen LogP contribution in [-0.4, -0.2) is 70.5 Å². The molecule has 1 unspecified atom stereocenters. The van der Waals surface area contributed by atoms with Gasteiger partial charge in [-0.25, -0.2) is 0 Å². The predicted molar refractivity (Wildman–Crippen MR) is 99.7 cm³/mol. The van der Waals surface area contributed by atoms with E-state index in [0.717, 1.165) is 13.1 Å². The van der Waals surface area contributed by atoms with Gasteiger partial charge in [0.15, 0.2) is 17.5 Å². The zero-order valence-electron chi connectivity index (χ0n) is 16.0. The molecule has 9 heteroatoms. The van der Waals surface area contributed by atoms with Gasteiger partial charge in [0, 0.05) is 38.8 Å². The number of guanidine groups is 1. The van der Waals surface area contributed by atoms with Crippen LogP contribution in [-0.2, 0) is 11.3 Å². The summed E-state index contributed by atoms with van der Waals surface area (Å²) in [6.45, 7) is 2.54. The average molecular weight is 386 g/mol. The molecule has 7 nitrogen and oxygen atoms in total. The number of hydrogen-bond acceptors (Lipinski definition) is 5. The van der Waals surface area contributed by atoms with Gasteiger partial charge in [-0.1, -0.05) is 12.1 Å². The number of morpholine rings is 1. The van der Waals surface area contributed by atoms with Gasteiger partial charge < -0.3 is 29.7 Å². The van der Waals surface area contributed by atoms with Crippen LogP contribution >= 0.6 is 0 Å². The smallest absolute Gasteiger partial charge is 0.387 e.